The van der Waals surface area contributed by atoms with E-state index in [1.165, 1.54) is 35.2 Å². The van der Waals surface area contributed by atoms with Gasteiger partial charge in [0.05, 0.1) is 6.20 Å². The van der Waals surface area contributed by atoms with E-state index in [2.05, 4.69) is 20.2 Å². The van der Waals surface area contributed by atoms with E-state index in [0.29, 0.717) is 26.4 Å². The van der Waals surface area contributed by atoms with Gasteiger partial charge in [0, 0.05) is 24.2 Å². The number of thioether (sulfide) groups is 1. The number of benzene rings is 1. The molecule has 0 atom stereocenters. The highest BCUT2D eigenvalue weighted by molar-refractivity contribution is 8.00. The summed E-state index contributed by atoms with van der Waals surface area (Å²) in [4.78, 5) is 8.11. The van der Waals surface area contributed by atoms with Crippen LogP contribution < -0.4 is 0 Å². The van der Waals surface area contributed by atoms with Crippen LogP contribution in [0, 0.1) is 11.6 Å². The van der Waals surface area contributed by atoms with Crippen molar-refractivity contribution in [3.05, 3.63) is 54.0 Å². The highest BCUT2D eigenvalue weighted by Crippen LogP contribution is 2.30. The van der Waals surface area contributed by atoms with Crippen LogP contribution in [0.15, 0.2) is 41.1 Å². The minimum absolute atomic E-state index is 0.362. The summed E-state index contributed by atoms with van der Waals surface area (Å²) in [5.41, 5.74) is 1.08. The Hall–Kier alpha value is -1.93. The van der Waals surface area contributed by atoms with E-state index in [1.807, 2.05) is 0 Å². The molecule has 106 valence electrons. The van der Waals surface area contributed by atoms with Crippen LogP contribution in [-0.2, 0) is 5.75 Å². The van der Waals surface area contributed by atoms with E-state index in [-0.39, 0.29) is 0 Å². The van der Waals surface area contributed by atoms with Crippen LogP contribution in [-0.4, -0.2) is 20.2 Å². The molecule has 0 saturated heterocycles. The Bertz CT molecular complexity index is 749. The molecule has 0 aliphatic rings. The van der Waals surface area contributed by atoms with Gasteiger partial charge in [0.25, 0.3) is 0 Å². The molecule has 21 heavy (non-hydrogen) atoms. The molecule has 0 aliphatic carbocycles. The van der Waals surface area contributed by atoms with Gasteiger partial charge < -0.3 is 0 Å². The number of nitrogens with zero attached hydrogens (tertiary/aromatic N) is 4. The molecule has 0 spiro atoms. The molecular weight excluding hydrogens is 314 g/mol. The minimum atomic E-state index is -0.581. The lowest BCUT2D eigenvalue weighted by atomic mass is 10.2. The minimum Gasteiger partial charge on any atom is -0.261 e. The SMILES string of the molecule is Fc1ccc(CSc2nnc(-c3cnccn3)s2)c(F)c1. The fourth-order valence-corrected chi connectivity index (χ4v) is 3.36. The summed E-state index contributed by atoms with van der Waals surface area (Å²) in [6, 6.07) is 3.55. The smallest absolute Gasteiger partial charge is 0.175 e. The highest BCUT2D eigenvalue weighted by atomic mass is 32.2. The first kappa shape index (κ1) is 14.0. The first-order valence-corrected chi connectivity index (χ1v) is 7.69. The van der Waals surface area contributed by atoms with Gasteiger partial charge in [0.15, 0.2) is 9.35 Å². The molecule has 3 aromatic rings. The summed E-state index contributed by atoms with van der Waals surface area (Å²) in [5.74, 6) is -0.774. The van der Waals surface area contributed by atoms with Gasteiger partial charge in [0.2, 0.25) is 0 Å². The molecule has 0 saturated carbocycles. The predicted octanol–water partition coefficient (Wildman–Crippen LogP) is 3.57. The summed E-state index contributed by atoms with van der Waals surface area (Å²) in [6.45, 7) is 0. The van der Waals surface area contributed by atoms with Crippen molar-refractivity contribution < 1.29 is 8.78 Å². The average molecular weight is 322 g/mol. The second-order valence-electron chi connectivity index (χ2n) is 3.99. The van der Waals surface area contributed by atoms with Crippen LogP contribution in [0.3, 0.4) is 0 Å². The van der Waals surface area contributed by atoms with Crippen molar-refractivity contribution in [3.63, 3.8) is 0 Å². The molecule has 0 unspecified atom stereocenters. The van der Waals surface area contributed by atoms with Gasteiger partial charge in [-0.2, -0.15) is 0 Å². The maximum Gasteiger partial charge on any atom is 0.175 e. The molecule has 2 heterocycles. The number of aromatic nitrogens is 4. The van der Waals surface area contributed by atoms with E-state index in [1.54, 1.807) is 18.6 Å². The average Bonchev–Trinajstić information content (AvgIpc) is 2.96. The van der Waals surface area contributed by atoms with Crippen molar-refractivity contribution in [2.24, 2.45) is 0 Å². The van der Waals surface area contributed by atoms with E-state index < -0.39 is 11.6 Å². The van der Waals surface area contributed by atoms with Crippen LogP contribution >= 0.6 is 23.1 Å². The molecule has 8 heteroatoms. The van der Waals surface area contributed by atoms with Gasteiger partial charge in [-0.3, -0.25) is 9.97 Å². The monoisotopic (exact) mass is 322 g/mol. The molecule has 0 N–H and O–H groups in total. The molecule has 1 aromatic carbocycles. The standard InChI is InChI=1S/C13H8F2N4S2/c14-9-2-1-8(10(15)5-9)7-20-13-19-18-12(21-13)11-6-16-3-4-17-11/h1-6H,7H2. The number of hydrogen-bond acceptors (Lipinski definition) is 6. The van der Waals surface area contributed by atoms with Gasteiger partial charge in [-0.05, 0) is 11.6 Å². The molecular formula is C13H8F2N4S2. The third-order valence-corrected chi connectivity index (χ3v) is 4.68. The molecule has 2 aromatic heterocycles. The quantitative estimate of drug-likeness (QED) is 0.687. The topological polar surface area (TPSA) is 51.6 Å². The molecule has 0 fully saturated rings. The molecule has 3 rings (SSSR count). The van der Waals surface area contributed by atoms with Gasteiger partial charge in [-0.1, -0.05) is 29.2 Å². The van der Waals surface area contributed by atoms with E-state index >= 15 is 0 Å². The van der Waals surface area contributed by atoms with E-state index in [9.17, 15) is 8.78 Å². The van der Waals surface area contributed by atoms with Gasteiger partial charge in [0.1, 0.15) is 17.3 Å². The van der Waals surface area contributed by atoms with Crippen LogP contribution in [0.1, 0.15) is 5.56 Å². The first-order chi connectivity index (χ1) is 10.2. The Kier molecular flexibility index (Phi) is 4.16. The fraction of sp³-hybridized carbons (Fsp3) is 0.0769. The zero-order chi connectivity index (χ0) is 14.7. The molecule has 0 bridgehead atoms. The van der Waals surface area contributed by atoms with Crippen molar-refractivity contribution in [1.82, 2.24) is 20.2 Å². The van der Waals surface area contributed by atoms with Gasteiger partial charge in [-0.15, -0.1) is 10.2 Å². The van der Waals surface area contributed by atoms with Crippen LogP contribution in [0.25, 0.3) is 10.7 Å². The summed E-state index contributed by atoms with van der Waals surface area (Å²) < 4.78 is 27.0. The summed E-state index contributed by atoms with van der Waals surface area (Å²) in [6.07, 6.45) is 4.77. The highest BCUT2D eigenvalue weighted by Gasteiger charge is 2.10. The summed E-state index contributed by atoms with van der Waals surface area (Å²) in [5, 5.41) is 8.71. The lowest BCUT2D eigenvalue weighted by Gasteiger charge is -2.00. The number of halogens is 2. The molecule has 0 amide bonds. The van der Waals surface area contributed by atoms with E-state index in [4.69, 9.17) is 0 Å². The van der Waals surface area contributed by atoms with Crippen molar-refractivity contribution >= 4 is 23.1 Å². The molecule has 4 nitrogen and oxygen atoms in total. The molecule has 0 radical (unpaired) electrons. The number of hydrogen-bond donors (Lipinski definition) is 0. The Balaban J connectivity index is 1.70. The largest absolute Gasteiger partial charge is 0.261 e. The summed E-state index contributed by atoms with van der Waals surface area (Å²) >= 11 is 2.70. The summed E-state index contributed by atoms with van der Waals surface area (Å²) in [7, 11) is 0. The van der Waals surface area contributed by atoms with Crippen LogP contribution in [0.4, 0.5) is 8.78 Å². The Labute approximate surface area is 127 Å². The van der Waals surface area contributed by atoms with Gasteiger partial charge in [-0.25, -0.2) is 8.78 Å². The number of rotatable bonds is 4. The Morgan fingerprint density at radius 2 is 2.05 bits per heavy atom. The lowest BCUT2D eigenvalue weighted by molar-refractivity contribution is 0.576. The third kappa shape index (κ3) is 3.40. The maximum atomic E-state index is 13.5. The van der Waals surface area contributed by atoms with Crippen molar-refractivity contribution in [1.29, 1.82) is 0 Å². The van der Waals surface area contributed by atoms with Crippen molar-refractivity contribution in [2.75, 3.05) is 0 Å². The zero-order valence-electron chi connectivity index (χ0n) is 10.5. The van der Waals surface area contributed by atoms with Gasteiger partial charge >= 0.3 is 0 Å². The van der Waals surface area contributed by atoms with Crippen molar-refractivity contribution in [2.45, 2.75) is 10.1 Å². The molecule has 0 aliphatic heterocycles. The second kappa shape index (κ2) is 6.23. The fourth-order valence-electron chi connectivity index (χ4n) is 1.56. The zero-order valence-corrected chi connectivity index (χ0v) is 12.2. The second-order valence-corrected chi connectivity index (χ2v) is 6.19. The van der Waals surface area contributed by atoms with Crippen LogP contribution in [0.5, 0.6) is 0 Å². The normalized spacial score (nSPS) is 10.8. The van der Waals surface area contributed by atoms with Crippen molar-refractivity contribution in [3.8, 4) is 10.7 Å². The lowest BCUT2D eigenvalue weighted by Crippen LogP contribution is -1.88. The van der Waals surface area contributed by atoms with Crippen LogP contribution in [0.2, 0.25) is 0 Å². The predicted molar refractivity (Wildman–Crippen MR) is 76.9 cm³/mol. The first-order valence-electron chi connectivity index (χ1n) is 5.89. The third-order valence-electron chi connectivity index (χ3n) is 2.56. The van der Waals surface area contributed by atoms with E-state index in [0.717, 1.165) is 6.07 Å². The Morgan fingerprint density at radius 3 is 2.81 bits per heavy atom. The Morgan fingerprint density at radius 1 is 1.14 bits per heavy atom. The maximum absolute atomic E-state index is 13.5.